The van der Waals surface area contributed by atoms with Gasteiger partial charge in [0, 0.05) is 9.13 Å². The van der Waals surface area contributed by atoms with Gasteiger partial charge in [0.1, 0.15) is 0 Å². The van der Waals surface area contributed by atoms with E-state index in [0.29, 0.717) is 21.0 Å². The van der Waals surface area contributed by atoms with Crippen LogP contribution >= 0.6 is 22.6 Å². The van der Waals surface area contributed by atoms with E-state index in [1.165, 1.54) is 7.11 Å². The van der Waals surface area contributed by atoms with Crippen molar-refractivity contribution in [2.75, 3.05) is 7.11 Å². The topological polar surface area (TPSA) is 43.4 Å². The van der Waals surface area contributed by atoms with Gasteiger partial charge in [-0.05, 0) is 28.7 Å². The van der Waals surface area contributed by atoms with E-state index in [1.54, 1.807) is 18.2 Å². The summed E-state index contributed by atoms with van der Waals surface area (Å²) in [7, 11) is 1.31. The van der Waals surface area contributed by atoms with E-state index >= 15 is 0 Å². The summed E-state index contributed by atoms with van der Waals surface area (Å²) in [5, 5.41) is 0. The van der Waals surface area contributed by atoms with Crippen LogP contribution < -0.4 is 0 Å². The van der Waals surface area contributed by atoms with Gasteiger partial charge in [-0.3, -0.25) is 4.79 Å². The third kappa shape index (κ3) is 2.06. The van der Waals surface area contributed by atoms with Crippen LogP contribution in [0.5, 0.6) is 0 Å². The Bertz CT molecular complexity index is 347. The Kier molecular flexibility index (Phi) is 3.41. The Morgan fingerprint density at radius 3 is 2.77 bits per heavy atom. The van der Waals surface area contributed by atoms with Crippen molar-refractivity contribution in [2.45, 2.75) is 0 Å². The van der Waals surface area contributed by atoms with E-state index in [9.17, 15) is 9.59 Å². The van der Waals surface area contributed by atoms with Gasteiger partial charge < -0.3 is 4.74 Å². The van der Waals surface area contributed by atoms with Crippen molar-refractivity contribution < 1.29 is 14.3 Å². The maximum atomic E-state index is 11.2. The van der Waals surface area contributed by atoms with Crippen LogP contribution in [0.15, 0.2) is 18.2 Å². The molecule has 0 spiro atoms. The molecule has 0 saturated carbocycles. The predicted molar refractivity (Wildman–Crippen MR) is 55.9 cm³/mol. The van der Waals surface area contributed by atoms with Crippen molar-refractivity contribution in [1.29, 1.82) is 0 Å². The quantitative estimate of drug-likeness (QED) is 0.474. The second kappa shape index (κ2) is 4.36. The number of carbonyl (C=O) groups is 2. The molecular weight excluding hydrogens is 283 g/mol. The monoisotopic (exact) mass is 290 g/mol. The van der Waals surface area contributed by atoms with Crippen molar-refractivity contribution in [1.82, 2.24) is 0 Å². The summed E-state index contributed by atoms with van der Waals surface area (Å²) in [6, 6.07) is 4.93. The number of aldehydes is 1. The van der Waals surface area contributed by atoms with E-state index in [2.05, 4.69) is 4.74 Å². The number of methoxy groups -OCH3 is 1. The number of ether oxygens (including phenoxy) is 1. The van der Waals surface area contributed by atoms with Crippen molar-refractivity contribution >= 4 is 34.8 Å². The van der Waals surface area contributed by atoms with Gasteiger partial charge in [-0.15, -0.1) is 0 Å². The molecule has 0 fully saturated rings. The number of rotatable bonds is 2. The zero-order valence-corrected chi connectivity index (χ0v) is 9.07. The molecule has 0 aliphatic carbocycles. The van der Waals surface area contributed by atoms with Crippen LogP contribution in [0, 0.1) is 3.57 Å². The fourth-order valence-electron chi connectivity index (χ4n) is 0.908. The second-order valence-electron chi connectivity index (χ2n) is 2.32. The normalized spacial score (nSPS) is 9.38. The molecule has 0 amide bonds. The van der Waals surface area contributed by atoms with Crippen molar-refractivity contribution in [2.24, 2.45) is 0 Å². The standard InChI is InChI=1S/C9H7IO3/c1-13-9(12)7-4-2-3-6(5-11)8(7)10/h2-5H,1H3. The Morgan fingerprint density at radius 2 is 2.23 bits per heavy atom. The van der Waals surface area contributed by atoms with Gasteiger partial charge in [0.15, 0.2) is 6.29 Å². The molecule has 0 heterocycles. The fourth-order valence-corrected chi connectivity index (χ4v) is 1.62. The molecular formula is C9H7IO3. The fraction of sp³-hybridized carbons (Fsp3) is 0.111. The first-order valence-electron chi connectivity index (χ1n) is 3.52. The van der Waals surface area contributed by atoms with Crippen LogP contribution in [-0.2, 0) is 4.74 Å². The van der Waals surface area contributed by atoms with Crippen LogP contribution in [0.25, 0.3) is 0 Å². The van der Waals surface area contributed by atoms with E-state index in [-0.39, 0.29) is 0 Å². The minimum atomic E-state index is -0.423. The number of benzene rings is 1. The maximum Gasteiger partial charge on any atom is 0.338 e. The molecule has 1 aromatic rings. The second-order valence-corrected chi connectivity index (χ2v) is 3.40. The maximum absolute atomic E-state index is 11.2. The molecule has 0 unspecified atom stereocenters. The highest BCUT2D eigenvalue weighted by atomic mass is 127. The first-order chi connectivity index (χ1) is 6.20. The Hall–Kier alpha value is -0.910. The summed E-state index contributed by atoms with van der Waals surface area (Å²) in [6.45, 7) is 0. The molecule has 0 aliphatic rings. The van der Waals surface area contributed by atoms with Gasteiger partial charge in [-0.2, -0.15) is 0 Å². The van der Waals surface area contributed by atoms with E-state index in [1.807, 2.05) is 22.6 Å². The van der Waals surface area contributed by atoms with Crippen LogP contribution in [0.1, 0.15) is 20.7 Å². The Morgan fingerprint density at radius 1 is 1.54 bits per heavy atom. The lowest BCUT2D eigenvalue weighted by atomic mass is 10.1. The first-order valence-corrected chi connectivity index (χ1v) is 4.60. The SMILES string of the molecule is COC(=O)c1cccc(C=O)c1I. The molecule has 0 aromatic heterocycles. The molecule has 0 saturated heterocycles. The summed E-state index contributed by atoms with van der Waals surface area (Å²) in [4.78, 5) is 21.7. The third-order valence-electron chi connectivity index (χ3n) is 1.56. The molecule has 0 bridgehead atoms. The van der Waals surface area contributed by atoms with Gasteiger partial charge >= 0.3 is 5.97 Å². The summed E-state index contributed by atoms with van der Waals surface area (Å²) in [5.41, 5.74) is 0.927. The molecule has 4 heteroatoms. The molecule has 0 aliphatic heterocycles. The minimum Gasteiger partial charge on any atom is -0.465 e. The first kappa shape index (κ1) is 10.2. The van der Waals surface area contributed by atoms with Gasteiger partial charge in [0.2, 0.25) is 0 Å². The molecule has 3 nitrogen and oxygen atoms in total. The van der Waals surface area contributed by atoms with E-state index in [0.717, 1.165) is 0 Å². The highest BCUT2D eigenvalue weighted by Crippen LogP contribution is 2.16. The summed E-state index contributed by atoms with van der Waals surface area (Å²) >= 11 is 1.95. The van der Waals surface area contributed by atoms with Gasteiger partial charge in [0.25, 0.3) is 0 Å². The number of halogens is 1. The lowest BCUT2D eigenvalue weighted by molar-refractivity contribution is 0.0599. The largest absolute Gasteiger partial charge is 0.465 e. The van der Waals surface area contributed by atoms with E-state index in [4.69, 9.17) is 0 Å². The highest BCUT2D eigenvalue weighted by molar-refractivity contribution is 14.1. The third-order valence-corrected chi connectivity index (χ3v) is 2.76. The average Bonchev–Trinajstić information content (AvgIpc) is 2.17. The van der Waals surface area contributed by atoms with Crippen LogP contribution in [0.2, 0.25) is 0 Å². The average molecular weight is 290 g/mol. The molecule has 0 radical (unpaired) electrons. The van der Waals surface area contributed by atoms with Crippen molar-refractivity contribution in [3.05, 3.63) is 32.9 Å². The summed E-state index contributed by atoms with van der Waals surface area (Å²) in [6.07, 6.45) is 0.716. The molecule has 0 N–H and O–H groups in total. The number of carbonyl (C=O) groups excluding carboxylic acids is 2. The molecule has 0 atom stereocenters. The molecule has 1 rings (SSSR count). The van der Waals surface area contributed by atoms with Crippen molar-refractivity contribution in [3.8, 4) is 0 Å². The van der Waals surface area contributed by atoms with E-state index < -0.39 is 5.97 Å². The smallest absolute Gasteiger partial charge is 0.338 e. The van der Waals surface area contributed by atoms with Crippen LogP contribution in [0.3, 0.4) is 0 Å². The predicted octanol–water partition coefficient (Wildman–Crippen LogP) is 1.89. The van der Waals surface area contributed by atoms with Crippen LogP contribution in [-0.4, -0.2) is 19.4 Å². The lowest BCUT2D eigenvalue weighted by Crippen LogP contribution is -2.05. The molecule has 13 heavy (non-hydrogen) atoms. The highest BCUT2D eigenvalue weighted by Gasteiger charge is 2.11. The molecule has 1 aromatic carbocycles. The summed E-state index contributed by atoms with van der Waals surface area (Å²) < 4.78 is 5.18. The molecule has 68 valence electrons. The van der Waals surface area contributed by atoms with Crippen LogP contribution in [0.4, 0.5) is 0 Å². The minimum absolute atomic E-state index is 0.423. The Balaban J connectivity index is 3.23. The van der Waals surface area contributed by atoms with Gasteiger partial charge in [-0.25, -0.2) is 4.79 Å². The number of esters is 1. The van der Waals surface area contributed by atoms with Crippen molar-refractivity contribution in [3.63, 3.8) is 0 Å². The van der Waals surface area contributed by atoms with Gasteiger partial charge in [-0.1, -0.05) is 12.1 Å². The zero-order valence-electron chi connectivity index (χ0n) is 6.91. The number of hydrogen-bond acceptors (Lipinski definition) is 3. The lowest BCUT2D eigenvalue weighted by Gasteiger charge is -2.03. The number of hydrogen-bond donors (Lipinski definition) is 0. The van der Waals surface area contributed by atoms with Gasteiger partial charge in [0.05, 0.1) is 12.7 Å². The Labute approximate surface area is 89.2 Å². The zero-order chi connectivity index (χ0) is 9.84. The summed E-state index contributed by atoms with van der Waals surface area (Å²) in [5.74, 6) is -0.423.